The highest BCUT2D eigenvalue weighted by Gasteiger charge is 2.14. The van der Waals surface area contributed by atoms with E-state index in [2.05, 4.69) is 10.6 Å². The van der Waals surface area contributed by atoms with Crippen LogP contribution >= 0.6 is 0 Å². The molecule has 1 unspecified atom stereocenters. The van der Waals surface area contributed by atoms with Crippen molar-refractivity contribution < 1.29 is 9.59 Å². The molecular formula is C15H23N3O2. The molecule has 5 heteroatoms. The molecule has 0 fully saturated rings. The highest BCUT2D eigenvalue weighted by atomic mass is 16.2. The van der Waals surface area contributed by atoms with Crippen LogP contribution in [0, 0.1) is 6.92 Å². The number of hydrogen-bond acceptors (Lipinski definition) is 3. The van der Waals surface area contributed by atoms with Crippen molar-refractivity contribution in [3.05, 3.63) is 29.3 Å². The van der Waals surface area contributed by atoms with Crippen molar-refractivity contribution in [3.8, 4) is 0 Å². The van der Waals surface area contributed by atoms with Crippen LogP contribution in [-0.2, 0) is 4.79 Å². The van der Waals surface area contributed by atoms with Crippen molar-refractivity contribution in [1.82, 2.24) is 5.32 Å². The van der Waals surface area contributed by atoms with Crippen LogP contribution in [0.2, 0.25) is 0 Å². The van der Waals surface area contributed by atoms with Crippen LogP contribution in [0.3, 0.4) is 0 Å². The Balaban J connectivity index is 2.86. The minimum Gasteiger partial charge on any atom is -0.352 e. The van der Waals surface area contributed by atoms with Crippen molar-refractivity contribution in [2.75, 3.05) is 11.9 Å². The van der Waals surface area contributed by atoms with E-state index >= 15 is 0 Å². The zero-order chi connectivity index (χ0) is 15.1. The van der Waals surface area contributed by atoms with E-state index < -0.39 is 6.04 Å². The molecule has 0 saturated carbocycles. The summed E-state index contributed by atoms with van der Waals surface area (Å²) < 4.78 is 0. The number of benzene rings is 1. The van der Waals surface area contributed by atoms with Crippen LogP contribution in [0.5, 0.6) is 0 Å². The third-order valence-electron chi connectivity index (χ3n) is 3.03. The summed E-state index contributed by atoms with van der Waals surface area (Å²) in [6.45, 7) is 6.28. The highest BCUT2D eigenvalue weighted by Crippen LogP contribution is 2.17. The molecule has 0 spiro atoms. The molecule has 20 heavy (non-hydrogen) atoms. The van der Waals surface area contributed by atoms with Crippen LogP contribution in [0.25, 0.3) is 0 Å². The molecule has 1 aromatic carbocycles. The second-order valence-electron chi connectivity index (χ2n) is 4.77. The summed E-state index contributed by atoms with van der Waals surface area (Å²) in [5, 5.41) is 5.52. The molecule has 5 nitrogen and oxygen atoms in total. The highest BCUT2D eigenvalue weighted by molar-refractivity contribution is 5.99. The molecule has 0 saturated heterocycles. The monoisotopic (exact) mass is 277 g/mol. The molecule has 0 heterocycles. The Morgan fingerprint density at radius 1 is 1.30 bits per heavy atom. The van der Waals surface area contributed by atoms with Crippen LogP contribution in [0.1, 0.15) is 42.6 Å². The fourth-order valence-corrected chi connectivity index (χ4v) is 1.83. The number of anilines is 1. The molecule has 1 atom stereocenters. The minimum atomic E-state index is -0.521. The Morgan fingerprint density at radius 2 is 2.00 bits per heavy atom. The van der Waals surface area contributed by atoms with E-state index in [9.17, 15) is 9.59 Å². The zero-order valence-corrected chi connectivity index (χ0v) is 12.3. The lowest BCUT2D eigenvalue weighted by molar-refractivity contribution is -0.117. The SMILES string of the molecule is CCCC(N)C(=O)Nc1cc(C(=O)NCC)ccc1C. The van der Waals surface area contributed by atoms with E-state index in [1.165, 1.54) is 0 Å². The molecule has 0 aliphatic heterocycles. The van der Waals surface area contributed by atoms with E-state index in [0.717, 1.165) is 12.0 Å². The van der Waals surface area contributed by atoms with Gasteiger partial charge in [-0.05, 0) is 38.0 Å². The standard InChI is InChI=1S/C15H23N3O2/c1-4-6-12(16)15(20)18-13-9-11(8-7-10(13)3)14(19)17-5-2/h7-9,12H,4-6,16H2,1-3H3,(H,17,19)(H,18,20). The summed E-state index contributed by atoms with van der Waals surface area (Å²) >= 11 is 0. The molecular weight excluding hydrogens is 254 g/mol. The van der Waals surface area contributed by atoms with Crippen LogP contribution in [0.15, 0.2) is 18.2 Å². The predicted molar refractivity (Wildman–Crippen MR) is 80.7 cm³/mol. The van der Waals surface area contributed by atoms with Gasteiger partial charge in [0.1, 0.15) is 0 Å². The van der Waals surface area contributed by atoms with Crippen molar-refractivity contribution in [2.45, 2.75) is 39.7 Å². The second-order valence-corrected chi connectivity index (χ2v) is 4.77. The number of aryl methyl sites for hydroxylation is 1. The number of amides is 2. The molecule has 110 valence electrons. The maximum Gasteiger partial charge on any atom is 0.251 e. The van der Waals surface area contributed by atoms with Gasteiger partial charge in [-0.2, -0.15) is 0 Å². The summed E-state index contributed by atoms with van der Waals surface area (Å²) in [4.78, 5) is 23.7. The first-order valence-corrected chi connectivity index (χ1v) is 6.94. The number of nitrogens with one attached hydrogen (secondary N) is 2. The van der Waals surface area contributed by atoms with Gasteiger partial charge in [0.15, 0.2) is 0 Å². The molecule has 4 N–H and O–H groups in total. The molecule has 2 amide bonds. The van der Waals surface area contributed by atoms with Gasteiger partial charge in [0.25, 0.3) is 5.91 Å². The molecule has 0 bridgehead atoms. The number of rotatable bonds is 6. The Labute approximate surface area is 119 Å². The summed E-state index contributed by atoms with van der Waals surface area (Å²) in [5.41, 5.74) is 7.83. The largest absolute Gasteiger partial charge is 0.352 e. The third-order valence-corrected chi connectivity index (χ3v) is 3.03. The lowest BCUT2D eigenvalue weighted by Gasteiger charge is -2.14. The lowest BCUT2D eigenvalue weighted by Crippen LogP contribution is -2.35. The first kappa shape index (κ1) is 16.2. The molecule has 0 radical (unpaired) electrons. The maximum absolute atomic E-state index is 11.9. The van der Waals surface area contributed by atoms with Gasteiger partial charge in [-0.25, -0.2) is 0 Å². The minimum absolute atomic E-state index is 0.152. The molecule has 1 aromatic rings. The fourth-order valence-electron chi connectivity index (χ4n) is 1.83. The number of hydrogen-bond donors (Lipinski definition) is 3. The van der Waals surface area contributed by atoms with Crippen molar-refractivity contribution in [3.63, 3.8) is 0 Å². The molecule has 0 aromatic heterocycles. The van der Waals surface area contributed by atoms with Gasteiger partial charge in [-0.3, -0.25) is 9.59 Å². The van der Waals surface area contributed by atoms with E-state index in [1.54, 1.807) is 12.1 Å². The lowest BCUT2D eigenvalue weighted by atomic mass is 10.1. The average Bonchev–Trinajstić information content (AvgIpc) is 2.41. The number of carbonyl (C=O) groups is 2. The van der Waals surface area contributed by atoms with E-state index in [-0.39, 0.29) is 11.8 Å². The average molecular weight is 277 g/mol. The number of carbonyl (C=O) groups excluding carboxylic acids is 2. The van der Waals surface area contributed by atoms with Gasteiger partial charge in [0.2, 0.25) is 5.91 Å². The zero-order valence-electron chi connectivity index (χ0n) is 12.3. The third kappa shape index (κ3) is 4.35. The van der Waals surface area contributed by atoms with Crippen LogP contribution in [-0.4, -0.2) is 24.4 Å². The van der Waals surface area contributed by atoms with Gasteiger partial charge in [-0.1, -0.05) is 19.4 Å². The first-order valence-electron chi connectivity index (χ1n) is 6.94. The van der Waals surface area contributed by atoms with E-state index in [1.807, 2.05) is 26.8 Å². The Hall–Kier alpha value is -1.88. The van der Waals surface area contributed by atoms with Gasteiger partial charge in [0, 0.05) is 17.8 Å². The summed E-state index contributed by atoms with van der Waals surface area (Å²) in [6, 6.07) is 4.71. The quantitative estimate of drug-likeness (QED) is 0.741. The van der Waals surface area contributed by atoms with Crippen molar-refractivity contribution >= 4 is 17.5 Å². The van der Waals surface area contributed by atoms with Crippen LogP contribution < -0.4 is 16.4 Å². The second kappa shape index (κ2) is 7.65. The maximum atomic E-state index is 11.9. The number of nitrogens with two attached hydrogens (primary N) is 1. The molecule has 0 aliphatic carbocycles. The van der Waals surface area contributed by atoms with Gasteiger partial charge in [0.05, 0.1) is 6.04 Å². The first-order chi connectivity index (χ1) is 9.49. The van der Waals surface area contributed by atoms with Crippen molar-refractivity contribution in [2.24, 2.45) is 5.73 Å². The van der Waals surface area contributed by atoms with Crippen molar-refractivity contribution in [1.29, 1.82) is 0 Å². The van der Waals surface area contributed by atoms with Gasteiger partial charge < -0.3 is 16.4 Å². The normalized spacial score (nSPS) is 11.8. The van der Waals surface area contributed by atoms with Crippen LogP contribution in [0.4, 0.5) is 5.69 Å². The molecule has 1 rings (SSSR count). The Kier molecular flexibility index (Phi) is 6.18. The summed E-state index contributed by atoms with van der Waals surface area (Å²) in [7, 11) is 0. The molecule has 0 aliphatic rings. The van der Waals surface area contributed by atoms with E-state index in [0.29, 0.717) is 24.2 Å². The fraction of sp³-hybridized carbons (Fsp3) is 0.467. The van der Waals surface area contributed by atoms with Gasteiger partial charge >= 0.3 is 0 Å². The summed E-state index contributed by atoms with van der Waals surface area (Å²) in [5.74, 6) is -0.371. The Morgan fingerprint density at radius 3 is 2.60 bits per heavy atom. The summed E-state index contributed by atoms with van der Waals surface area (Å²) in [6.07, 6.45) is 1.49. The topological polar surface area (TPSA) is 84.2 Å². The van der Waals surface area contributed by atoms with Gasteiger partial charge in [-0.15, -0.1) is 0 Å². The smallest absolute Gasteiger partial charge is 0.251 e. The Bertz CT molecular complexity index is 486. The van der Waals surface area contributed by atoms with E-state index in [4.69, 9.17) is 5.73 Å². The predicted octanol–water partition coefficient (Wildman–Crippen LogP) is 1.81.